The molecule has 14 heavy (non-hydrogen) atoms. The van der Waals surface area contributed by atoms with E-state index in [0.29, 0.717) is 11.0 Å². The highest BCUT2D eigenvalue weighted by Gasteiger charge is 2.16. The van der Waals surface area contributed by atoms with Crippen LogP contribution in [0.2, 0.25) is 0 Å². The van der Waals surface area contributed by atoms with Crippen molar-refractivity contribution in [3.63, 3.8) is 0 Å². The van der Waals surface area contributed by atoms with E-state index in [1.165, 1.54) is 32.6 Å². The first-order valence-corrected chi connectivity index (χ1v) is 6.11. The van der Waals surface area contributed by atoms with E-state index < -0.39 is 0 Å². The van der Waals surface area contributed by atoms with Crippen LogP contribution in [0.4, 0.5) is 0 Å². The van der Waals surface area contributed by atoms with Crippen molar-refractivity contribution in [1.82, 2.24) is 5.32 Å². The van der Waals surface area contributed by atoms with Crippen molar-refractivity contribution in [2.75, 3.05) is 12.3 Å². The van der Waals surface area contributed by atoms with Gasteiger partial charge < -0.3 is 5.32 Å². The zero-order valence-electron chi connectivity index (χ0n) is 8.54. The minimum Gasteiger partial charge on any atom is -0.348 e. The van der Waals surface area contributed by atoms with Crippen LogP contribution in [0.1, 0.15) is 32.6 Å². The number of hydrogen-bond acceptors (Lipinski definition) is 3. The van der Waals surface area contributed by atoms with Gasteiger partial charge in [0.15, 0.2) is 0 Å². The first-order valence-electron chi connectivity index (χ1n) is 5.06. The van der Waals surface area contributed by atoms with Gasteiger partial charge >= 0.3 is 0 Å². The van der Waals surface area contributed by atoms with Crippen molar-refractivity contribution >= 4 is 23.5 Å². The molecule has 0 spiro atoms. The second-order valence-electron chi connectivity index (χ2n) is 3.70. The van der Waals surface area contributed by atoms with Gasteiger partial charge in [0.25, 0.3) is 0 Å². The van der Waals surface area contributed by atoms with Crippen molar-refractivity contribution < 1.29 is 9.59 Å². The Morgan fingerprint density at radius 3 is 2.57 bits per heavy atom. The molecule has 0 aromatic rings. The zero-order chi connectivity index (χ0) is 10.4. The molecular formula is C10H17NO2S. The molecule has 3 nitrogen and oxygen atoms in total. The van der Waals surface area contributed by atoms with Crippen LogP contribution in [-0.4, -0.2) is 29.2 Å². The van der Waals surface area contributed by atoms with Crippen LogP contribution in [0.5, 0.6) is 0 Å². The van der Waals surface area contributed by atoms with E-state index in [9.17, 15) is 9.59 Å². The van der Waals surface area contributed by atoms with Gasteiger partial charge in [-0.15, -0.1) is 11.8 Å². The Balaban J connectivity index is 2.05. The van der Waals surface area contributed by atoms with Crippen molar-refractivity contribution in [2.45, 2.75) is 37.9 Å². The lowest BCUT2D eigenvalue weighted by Gasteiger charge is -2.07. The molecule has 1 amide bonds. The highest BCUT2D eigenvalue weighted by atomic mass is 32.2. The molecule has 0 atom stereocenters. The maximum atomic E-state index is 11.2. The van der Waals surface area contributed by atoms with Gasteiger partial charge in [0, 0.05) is 5.25 Å². The van der Waals surface area contributed by atoms with Gasteiger partial charge in [0.05, 0.1) is 12.3 Å². The lowest BCUT2D eigenvalue weighted by Crippen LogP contribution is -2.30. The van der Waals surface area contributed by atoms with Gasteiger partial charge in [-0.05, 0) is 19.8 Å². The van der Waals surface area contributed by atoms with Crippen LogP contribution in [0.15, 0.2) is 0 Å². The fourth-order valence-electron chi connectivity index (χ4n) is 1.52. The summed E-state index contributed by atoms with van der Waals surface area (Å²) in [4.78, 5) is 21.8. The van der Waals surface area contributed by atoms with Crippen molar-refractivity contribution in [1.29, 1.82) is 0 Å². The van der Waals surface area contributed by atoms with E-state index in [1.54, 1.807) is 11.8 Å². The summed E-state index contributed by atoms with van der Waals surface area (Å²) in [5, 5.41) is 3.26. The van der Waals surface area contributed by atoms with Crippen molar-refractivity contribution in [2.24, 2.45) is 0 Å². The standard InChI is InChI=1S/C10H17NO2S/c1-8(12)6-11-10(13)7-14-9-4-2-3-5-9/h9H,2-7H2,1H3,(H,11,13). The number of carbonyl (C=O) groups excluding carboxylic acids is 2. The van der Waals surface area contributed by atoms with Gasteiger partial charge in [-0.25, -0.2) is 0 Å². The molecule has 0 saturated heterocycles. The third kappa shape index (κ3) is 4.65. The first kappa shape index (κ1) is 11.6. The molecule has 1 rings (SSSR count). The third-order valence-electron chi connectivity index (χ3n) is 2.29. The monoisotopic (exact) mass is 215 g/mol. The number of carbonyl (C=O) groups is 2. The van der Waals surface area contributed by atoms with E-state index in [-0.39, 0.29) is 18.2 Å². The number of Topliss-reactive ketones (excluding diaryl/α,β-unsaturated/α-hetero) is 1. The molecule has 0 aliphatic heterocycles. The van der Waals surface area contributed by atoms with Crippen LogP contribution < -0.4 is 5.32 Å². The summed E-state index contributed by atoms with van der Waals surface area (Å²) in [5.74, 6) is 0.485. The van der Waals surface area contributed by atoms with E-state index >= 15 is 0 Å². The lowest BCUT2D eigenvalue weighted by atomic mass is 10.4. The Morgan fingerprint density at radius 1 is 1.36 bits per heavy atom. The number of ketones is 1. The predicted octanol–water partition coefficient (Wildman–Crippen LogP) is 1.37. The Labute approximate surface area is 89.0 Å². The maximum Gasteiger partial charge on any atom is 0.230 e. The summed E-state index contributed by atoms with van der Waals surface area (Å²) in [5.41, 5.74) is 0. The Kier molecular flexibility index (Phi) is 5.01. The van der Waals surface area contributed by atoms with E-state index in [1.807, 2.05) is 0 Å². The average Bonchev–Trinajstić information content (AvgIpc) is 2.63. The fraction of sp³-hybridized carbons (Fsp3) is 0.800. The van der Waals surface area contributed by atoms with Crippen molar-refractivity contribution in [3.05, 3.63) is 0 Å². The molecule has 1 aliphatic carbocycles. The number of thioether (sulfide) groups is 1. The Bertz CT molecular complexity index is 212. The van der Waals surface area contributed by atoms with E-state index in [4.69, 9.17) is 0 Å². The number of nitrogens with one attached hydrogen (secondary N) is 1. The van der Waals surface area contributed by atoms with Crippen LogP contribution in [0.25, 0.3) is 0 Å². The fourth-order valence-corrected chi connectivity index (χ4v) is 2.68. The first-order chi connectivity index (χ1) is 6.68. The minimum atomic E-state index is -0.0166. The quantitative estimate of drug-likeness (QED) is 0.753. The summed E-state index contributed by atoms with van der Waals surface area (Å²) in [7, 11) is 0. The second kappa shape index (κ2) is 6.06. The molecular weight excluding hydrogens is 198 g/mol. The topological polar surface area (TPSA) is 46.2 Å². The van der Waals surface area contributed by atoms with Gasteiger partial charge in [0.1, 0.15) is 5.78 Å². The molecule has 1 fully saturated rings. The summed E-state index contributed by atoms with van der Waals surface area (Å²) >= 11 is 1.72. The van der Waals surface area contributed by atoms with Gasteiger partial charge in [0.2, 0.25) is 5.91 Å². The molecule has 0 aromatic carbocycles. The van der Waals surface area contributed by atoms with E-state index in [0.717, 1.165) is 0 Å². The summed E-state index contributed by atoms with van der Waals surface area (Å²) in [6.45, 7) is 1.65. The minimum absolute atomic E-state index is 0.00390. The normalized spacial score (nSPS) is 16.9. The molecule has 1 aliphatic rings. The van der Waals surface area contributed by atoms with Gasteiger partial charge in [-0.2, -0.15) is 0 Å². The molecule has 0 aromatic heterocycles. The molecule has 4 heteroatoms. The average molecular weight is 215 g/mol. The molecule has 0 unspecified atom stereocenters. The highest BCUT2D eigenvalue weighted by Crippen LogP contribution is 2.28. The Morgan fingerprint density at radius 2 is 2.00 bits per heavy atom. The largest absolute Gasteiger partial charge is 0.348 e. The lowest BCUT2D eigenvalue weighted by molar-refractivity contribution is -0.122. The van der Waals surface area contributed by atoms with Gasteiger partial charge in [-0.1, -0.05) is 12.8 Å². The maximum absolute atomic E-state index is 11.2. The van der Waals surface area contributed by atoms with Crippen LogP contribution >= 0.6 is 11.8 Å². The SMILES string of the molecule is CC(=O)CNC(=O)CSC1CCCC1. The Hall–Kier alpha value is -0.510. The molecule has 80 valence electrons. The smallest absolute Gasteiger partial charge is 0.230 e. The molecule has 1 N–H and O–H groups in total. The van der Waals surface area contributed by atoms with Crippen LogP contribution in [0.3, 0.4) is 0 Å². The van der Waals surface area contributed by atoms with E-state index in [2.05, 4.69) is 5.32 Å². The molecule has 0 radical (unpaired) electrons. The summed E-state index contributed by atoms with van der Waals surface area (Å²) in [6, 6.07) is 0. The number of hydrogen-bond donors (Lipinski definition) is 1. The molecule has 0 heterocycles. The molecule has 0 bridgehead atoms. The number of rotatable bonds is 5. The van der Waals surface area contributed by atoms with Crippen molar-refractivity contribution in [3.8, 4) is 0 Å². The predicted molar refractivity (Wildman–Crippen MR) is 58.4 cm³/mol. The van der Waals surface area contributed by atoms with Gasteiger partial charge in [-0.3, -0.25) is 9.59 Å². The third-order valence-corrected chi connectivity index (χ3v) is 3.66. The molecule has 1 saturated carbocycles. The summed E-state index contributed by atoms with van der Waals surface area (Å²) < 4.78 is 0. The van der Waals surface area contributed by atoms with Crippen LogP contribution in [0, 0.1) is 0 Å². The van der Waals surface area contributed by atoms with Crippen LogP contribution in [-0.2, 0) is 9.59 Å². The second-order valence-corrected chi connectivity index (χ2v) is 4.98. The number of amides is 1. The summed E-state index contributed by atoms with van der Waals surface area (Å²) in [6.07, 6.45) is 5.08. The highest BCUT2D eigenvalue weighted by molar-refractivity contribution is 8.00. The zero-order valence-corrected chi connectivity index (χ0v) is 9.36.